The van der Waals surface area contributed by atoms with Crippen molar-refractivity contribution in [1.82, 2.24) is 10.6 Å². The van der Waals surface area contributed by atoms with E-state index in [4.69, 9.17) is 9.47 Å². The standard InChI is InChI=1S/C17H27N3O2/c1-5-18-16(19-10-11-21-4)20-14-12-17(2,3)22-15-9-7-6-8-13(14)15/h6-9,14H,5,10-12H2,1-4H3,(H2,18,19,20). The molecule has 2 rings (SSSR count). The number of hydrogen-bond acceptors (Lipinski definition) is 3. The number of guanidine groups is 1. The number of nitrogens with zero attached hydrogens (tertiary/aromatic N) is 1. The smallest absolute Gasteiger partial charge is 0.191 e. The molecule has 0 aromatic heterocycles. The molecule has 1 aliphatic heterocycles. The van der Waals surface area contributed by atoms with Gasteiger partial charge in [-0.15, -0.1) is 0 Å². The van der Waals surface area contributed by atoms with Crippen LogP contribution in [0.25, 0.3) is 0 Å². The third kappa shape index (κ3) is 4.37. The van der Waals surface area contributed by atoms with E-state index in [-0.39, 0.29) is 11.6 Å². The van der Waals surface area contributed by atoms with E-state index in [9.17, 15) is 0 Å². The van der Waals surface area contributed by atoms with E-state index in [2.05, 4.69) is 42.5 Å². The topological polar surface area (TPSA) is 54.9 Å². The lowest BCUT2D eigenvalue weighted by Crippen LogP contribution is -2.45. The Morgan fingerprint density at radius 3 is 2.91 bits per heavy atom. The summed E-state index contributed by atoms with van der Waals surface area (Å²) in [5.41, 5.74) is 0.981. The zero-order valence-corrected chi connectivity index (χ0v) is 14.0. The molecule has 1 aliphatic rings. The Balaban J connectivity index is 2.17. The van der Waals surface area contributed by atoms with E-state index in [1.54, 1.807) is 7.11 Å². The maximum Gasteiger partial charge on any atom is 0.191 e. The molecule has 0 aliphatic carbocycles. The van der Waals surface area contributed by atoms with E-state index in [0.29, 0.717) is 13.2 Å². The molecule has 2 N–H and O–H groups in total. The van der Waals surface area contributed by atoms with Crippen LogP contribution in [0.4, 0.5) is 0 Å². The lowest BCUT2D eigenvalue weighted by molar-refractivity contribution is 0.0694. The SMILES string of the molecule is CCNC(=NCCOC)NC1CC(C)(C)Oc2ccccc21. The normalized spacial score (nSPS) is 20.0. The molecule has 0 amide bonds. The number of ether oxygens (including phenoxy) is 2. The molecule has 122 valence electrons. The predicted molar refractivity (Wildman–Crippen MR) is 89.5 cm³/mol. The Morgan fingerprint density at radius 1 is 1.41 bits per heavy atom. The Hall–Kier alpha value is -1.75. The fourth-order valence-electron chi connectivity index (χ4n) is 2.66. The Kier molecular flexibility index (Phi) is 5.66. The van der Waals surface area contributed by atoms with Crippen molar-refractivity contribution >= 4 is 5.96 Å². The highest BCUT2D eigenvalue weighted by atomic mass is 16.5. The molecule has 22 heavy (non-hydrogen) atoms. The van der Waals surface area contributed by atoms with E-state index < -0.39 is 0 Å². The first-order valence-electron chi connectivity index (χ1n) is 7.87. The number of methoxy groups -OCH3 is 1. The number of benzene rings is 1. The van der Waals surface area contributed by atoms with Crippen molar-refractivity contribution in [3.63, 3.8) is 0 Å². The van der Waals surface area contributed by atoms with Crippen molar-refractivity contribution in [3.05, 3.63) is 29.8 Å². The van der Waals surface area contributed by atoms with Crippen LogP contribution in [-0.2, 0) is 4.74 Å². The van der Waals surface area contributed by atoms with Crippen molar-refractivity contribution in [2.45, 2.75) is 38.8 Å². The minimum Gasteiger partial charge on any atom is -0.487 e. The summed E-state index contributed by atoms with van der Waals surface area (Å²) in [6.45, 7) is 8.38. The van der Waals surface area contributed by atoms with Crippen molar-refractivity contribution in [3.8, 4) is 5.75 Å². The van der Waals surface area contributed by atoms with E-state index in [1.165, 1.54) is 5.56 Å². The summed E-state index contributed by atoms with van der Waals surface area (Å²) in [6, 6.07) is 8.38. The molecule has 0 spiro atoms. The van der Waals surface area contributed by atoms with Crippen molar-refractivity contribution in [2.24, 2.45) is 4.99 Å². The number of para-hydroxylation sites is 1. The van der Waals surface area contributed by atoms with Gasteiger partial charge in [0, 0.05) is 25.6 Å². The van der Waals surface area contributed by atoms with Gasteiger partial charge in [-0.1, -0.05) is 18.2 Å². The van der Waals surface area contributed by atoms with Crippen LogP contribution in [0.2, 0.25) is 0 Å². The molecule has 0 bridgehead atoms. The number of hydrogen-bond donors (Lipinski definition) is 2. The first-order valence-corrected chi connectivity index (χ1v) is 7.87. The molecule has 1 heterocycles. The Morgan fingerprint density at radius 2 is 2.18 bits per heavy atom. The molecule has 0 fully saturated rings. The minimum atomic E-state index is -0.199. The minimum absolute atomic E-state index is 0.181. The van der Waals surface area contributed by atoms with Crippen LogP contribution in [0.15, 0.2) is 29.3 Å². The first-order chi connectivity index (χ1) is 10.6. The average Bonchev–Trinajstić information content (AvgIpc) is 2.46. The first kappa shape index (κ1) is 16.6. The second kappa shape index (κ2) is 7.49. The quantitative estimate of drug-likeness (QED) is 0.498. The van der Waals surface area contributed by atoms with Crippen LogP contribution < -0.4 is 15.4 Å². The molecule has 1 atom stereocenters. The third-order valence-electron chi connectivity index (χ3n) is 3.60. The Bertz CT molecular complexity index is 514. The number of aliphatic imine (C=N–C) groups is 1. The maximum atomic E-state index is 6.07. The van der Waals surface area contributed by atoms with Crippen molar-refractivity contribution in [2.75, 3.05) is 26.8 Å². The summed E-state index contributed by atoms with van der Waals surface area (Å²) in [4.78, 5) is 4.55. The molecule has 5 heteroatoms. The number of fused-ring (bicyclic) bond motifs is 1. The lowest BCUT2D eigenvalue weighted by atomic mass is 9.90. The largest absolute Gasteiger partial charge is 0.487 e. The maximum absolute atomic E-state index is 6.07. The summed E-state index contributed by atoms with van der Waals surface area (Å²) >= 11 is 0. The van der Waals surface area contributed by atoms with Gasteiger partial charge in [0.1, 0.15) is 11.4 Å². The molecule has 0 saturated carbocycles. The van der Waals surface area contributed by atoms with Crippen LogP contribution in [0.5, 0.6) is 5.75 Å². The van der Waals surface area contributed by atoms with Gasteiger partial charge in [0.05, 0.1) is 19.2 Å². The van der Waals surface area contributed by atoms with E-state index in [1.807, 2.05) is 18.2 Å². The van der Waals surface area contributed by atoms with Crippen LogP contribution in [0.1, 0.15) is 38.8 Å². The third-order valence-corrected chi connectivity index (χ3v) is 3.60. The summed E-state index contributed by atoms with van der Waals surface area (Å²) in [7, 11) is 1.69. The van der Waals surface area contributed by atoms with Gasteiger partial charge in [0.25, 0.3) is 0 Å². The van der Waals surface area contributed by atoms with Crippen LogP contribution >= 0.6 is 0 Å². The fraction of sp³-hybridized carbons (Fsp3) is 0.588. The van der Waals surface area contributed by atoms with Gasteiger partial charge in [0.2, 0.25) is 0 Å². The van der Waals surface area contributed by atoms with Crippen molar-refractivity contribution in [1.29, 1.82) is 0 Å². The van der Waals surface area contributed by atoms with Gasteiger partial charge >= 0.3 is 0 Å². The van der Waals surface area contributed by atoms with Crippen molar-refractivity contribution < 1.29 is 9.47 Å². The summed E-state index contributed by atoms with van der Waals surface area (Å²) in [5.74, 6) is 1.76. The summed E-state index contributed by atoms with van der Waals surface area (Å²) < 4.78 is 11.1. The highest BCUT2D eigenvalue weighted by Crippen LogP contribution is 2.39. The molecule has 1 unspecified atom stereocenters. The molecule has 1 aromatic rings. The molecular weight excluding hydrogens is 278 g/mol. The Labute approximate surface area is 133 Å². The van der Waals surface area contributed by atoms with Gasteiger partial charge in [-0.3, -0.25) is 4.99 Å². The van der Waals surface area contributed by atoms with E-state index in [0.717, 1.165) is 24.7 Å². The molecule has 5 nitrogen and oxygen atoms in total. The summed E-state index contributed by atoms with van der Waals surface area (Å²) in [6.07, 6.45) is 0.888. The number of nitrogens with one attached hydrogen (secondary N) is 2. The lowest BCUT2D eigenvalue weighted by Gasteiger charge is -2.38. The van der Waals surface area contributed by atoms with E-state index >= 15 is 0 Å². The summed E-state index contributed by atoms with van der Waals surface area (Å²) in [5, 5.41) is 6.82. The fourth-order valence-corrected chi connectivity index (χ4v) is 2.66. The highest BCUT2D eigenvalue weighted by Gasteiger charge is 2.33. The molecule has 0 saturated heterocycles. The highest BCUT2D eigenvalue weighted by molar-refractivity contribution is 5.80. The predicted octanol–water partition coefficient (Wildman–Crippen LogP) is 2.49. The second-order valence-corrected chi connectivity index (χ2v) is 6.05. The van der Waals surface area contributed by atoms with Crippen LogP contribution in [-0.4, -0.2) is 38.4 Å². The zero-order chi connectivity index (χ0) is 16.0. The number of rotatable bonds is 5. The van der Waals surface area contributed by atoms with Crippen LogP contribution in [0.3, 0.4) is 0 Å². The van der Waals surface area contributed by atoms with Crippen LogP contribution in [0, 0.1) is 0 Å². The molecular formula is C17H27N3O2. The van der Waals surface area contributed by atoms with Gasteiger partial charge in [-0.05, 0) is 26.8 Å². The molecule has 1 aromatic carbocycles. The van der Waals surface area contributed by atoms with Gasteiger partial charge in [-0.25, -0.2) is 0 Å². The van der Waals surface area contributed by atoms with Gasteiger partial charge < -0.3 is 20.1 Å². The van der Waals surface area contributed by atoms with Gasteiger partial charge in [-0.2, -0.15) is 0 Å². The zero-order valence-electron chi connectivity index (χ0n) is 14.0. The average molecular weight is 305 g/mol. The molecule has 0 radical (unpaired) electrons. The van der Waals surface area contributed by atoms with Gasteiger partial charge in [0.15, 0.2) is 5.96 Å². The second-order valence-electron chi connectivity index (χ2n) is 6.05. The monoisotopic (exact) mass is 305 g/mol.